The molecule has 4 nitrogen and oxygen atoms in total. The Morgan fingerprint density at radius 1 is 1.08 bits per heavy atom. The van der Waals surface area contributed by atoms with Crippen LogP contribution in [0.3, 0.4) is 0 Å². The van der Waals surface area contributed by atoms with Gasteiger partial charge in [0.05, 0.1) is 7.11 Å². The Labute approximate surface area is 233 Å². The number of thiophene rings is 2. The van der Waals surface area contributed by atoms with Crippen LogP contribution in [0.25, 0.3) is 26.1 Å². The second-order valence-corrected chi connectivity index (χ2v) is 11.7. The average molecular weight is 549 g/mol. The van der Waals surface area contributed by atoms with Gasteiger partial charge in [-0.3, -0.25) is 4.79 Å². The molecule has 1 aliphatic rings. The van der Waals surface area contributed by atoms with E-state index >= 15 is 0 Å². The van der Waals surface area contributed by atoms with E-state index in [1.807, 2.05) is 38.1 Å². The van der Waals surface area contributed by atoms with Crippen molar-refractivity contribution in [2.24, 2.45) is 5.41 Å². The summed E-state index contributed by atoms with van der Waals surface area (Å²) in [7, 11) is 1.72. The zero-order valence-corrected chi connectivity index (χ0v) is 24.4. The third-order valence-corrected chi connectivity index (χ3v) is 8.86. The highest BCUT2D eigenvalue weighted by molar-refractivity contribution is 7.17. The molecule has 5 rings (SSSR count). The number of methoxy groups -OCH3 is 1. The van der Waals surface area contributed by atoms with Gasteiger partial charge in [-0.15, -0.1) is 22.7 Å². The van der Waals surface area contributed by atoms with Gasteiger partial charge >= 0.3 is 5.97 Å². The molecule has 0 amide bonds. The van der Waals surface area contributed by atoms with Crippen LogP contribution < -0.4 is 9.47 Å². The monoisotopic (exact) mass is 548 g/mol. The highest BCUT2D eigenvalue weighted by Gasteiger charge is 2.32. The molecule has 0 unspecified atom stereocenters. The maximum atomic E-state index is 11.0. The van der Waals surface area contributed by atoms with Gasteiger partial charge in [0.15, 0.2) is 0 Å². The zero-order valence-electron chi connectivity index (χ0n) is 22.8. The molecule has 0 radical (unpaired) electrons. The lowest BCUT2D eigenvalue weighted by atomic mass is 9.80. The number of carboxylic acid groups (broad SMARTS) is 1. The van der Waals surface area contributed by atoms with Crippen molar-refractivity contribution < 1.29 is 19.4 Å². The molecule has 6 heteroatoms. The Morgan fingerprint density at radius 2 is 1.89 bits per heavy atom. The van der Waals surface area contributed by atoms with E-state index in [4.69, 9.17) is 14.6 Å². The third kappa shape index (κ3) is 5.97. The number of rotatable bonds is 9. The number of hydrogen-bond donors (Lipinski definition) is 1. The summed E-state index contributed by atoms with van der Waals surface area (Å²) >= 11 is 3.50. The highest BCUT2D eigenvalue weighted by atomic mass is 32.1. The van der Waals surface area contributed by atoms with Gasteiger partial charge in [0.25, 0.3) is 0 Å². The Hall–Kier alpha value is -3.09. The lowest BCUT2D eigenvalue weighted by Crippen LogP contribution is -2.11. The van der Waals surface area contributed by atoms with E-state index in [0.717, 1.165) is 29.9 Å². The average Bonchev–Trinajstić information content (AvgIpc) is 3.64. The number of fused-ring (bicyclic) bond motifs is 1. The maximum absolute atomic E-state index is 11.0. The molecule has 0 atom stereocenters. The Morgan fingerprint density at radius 3 is 2.61 bits per heavy atom. The van der Waals surface area contributed by atoms with Gasteiger partial charge < -0.3 is 14.6 Å². The fourth-order valence-electron chi connectivity index (χ4n) is 4.98. The highest BCUT2D eigenvalue weighted by Crippen LogP contribution is 2.51. The Bertz CT molecular complexity index is 1440. The first kappa shape index (κ1) is 27.9. The third-order valence-electron chi connectivity index (χ3n) is 6.93. The summed E-state index contributed by atoms with van der Waals surface area (Å²) in [6.45, 7) is 9.11. The first-order chi connectivity index (χ1) is 18.4. The first-order valence-corrected chi connectivity index (χ1v) is 14.9. The van der Waals surface area contributed by atoms with Crippen molar-refractivity contribution in [2.45, 2.75) is 60.0 Å². The number of carboxylic acids is 1. The van der Waals surface area contributed by atoms with Gasteiger partial charge in [0.2, 0.25) is 0 Å². The largest absolute Gasteiger partial charge is 0.497 e. The van der Waals surface area contributed by atoms with E-state index in [9.17, 15) is 4.79 Å². The predicted molar refractivity (Wildman–Crippen MR) is 161 cm³/mol. The van der Waals surface area contributed by atoms with Crippen molar-refractivity contribution in [1.82, 2.24) is 0 Å². The molecule has 0 saturated heterocycles. The molecule has 0 saturated carbocycles. The molecule has 0 aliphatic heterocycles. The number of ether oxygens (including phenoxy) is 2. The number of benzene rings is 2. The van der Waals surface area contributed by atoms with Crippen LogP contribution in [0.4, 0.5) is 0 Å². The van der Waals surface area contributed by atoms with Crippen LogP contribution in [0.2, 0.25) is 0 Å². The lowest BCUT2D eigenvalue weighted by Gasteiger charge is -2.25. The SMILES string of the molecule is CC.COc1cc(-c2scc(COc3cccc(CCC(=O)O)c3)c2C2=CCCC2(C)C)c2ccsc2c1. The minimum Gasteiger partial charge on any atom is -0.497 e. The summed E-state index contributed by atoms with van der Waals surface area (Å²) in [5, 5.41) is 14.6. The Kier molecular flexibility index (Phi) is 8.95. The fourth-order valence-corrected chi connectivity index (χ4v) is 6.92. The summed E-state index contributed by atoms with van der Waals surface area (Å²) in [4.78, 5) is 12.2. The number of carbonyl (C=O) groups is 1. The van der Waals surface area contributed by atoms with E-state index in [-0.39, 0.29) is 11.8 Å². The molecule has 1 N–H and O–H groups in total. The first-order valence-electron chi connectivity index (χ1n) is 13.2. The molecule has 0 bridgehead atoms. The van der Waals surface area contributed by atoms with Crippen LogP contribution in [0.5, 0.6) is 11.5 Å². The van der Waals surface area contributed by atoms with Gasteiger partial charge in [-0.05, 0) is 76.9 Å². The summed E-state index contributed by atoms with van der Waals surface area (Å²) < 4.78 is 13.2. The quantitative estimate of drug-likeness (QED) is 0.226. The molecule has 200 valence electrons. The van der Waals surface area contributed by atoms with Gasteiger partial charge in [-0.1, -0.05) is 45.9 Å². The van der Waals surface area contributed by atoms with E-state index < -0.39 is 5.97 Å². The number of aliphatic carboxylic acids is 1. The van der Waals surface area contributed by atoms with Crippen LogP contribution in [0.15, 0.2) is 59.3 Å². The number of allylic oxidation sites excluding steroid dienone is 2. The van der Waals surface area contributed by atoms with E-state index in [0.29, 0.717) is 13.0 Å². The van der Waals surface area contributed by atoms with Crippen LogP contribution in [-0.4, -0.2) is 18.2 Å². The van der Waals surface area contributed by atoms with E-state index in [1.165, 1.54) is 37.2 Å². The van der Waals surface area contributed by atoms with E-state index in [2.05, 4.69) is 48.9 Å². The van der Waals surface area contributed by atoms with Crippen LogP contribution in [-0.2, 0) is 17.8 Å². The summed E-state index contributed by atoms with van der Waals surface area (Å²) in [5.41, 5.74) is 6.11. The maximum Gasteiger partial charge on any atom is 0.303 e. The van der Waals surface area contributed by atoms with Crippen molar-refractivity contribution in [2.75, 3.05) is 7.11 Å². The minimum absolute atomic E-state index is 0.0912. The molecule has 2 aromatic heterocycles. The lowest BCUT2D eigenvalue weighted by molar-refractivity contribution is -0.136. The molecule has 0 fully saturated rings. The predicted octanol–water partition coefficient (Wildman–Crippen LogP) is 9.46. The molecular weight excluding hydrogens is 512 g/mol. The number of hydrogen-bond acceptors (Lipinski definition) is 5. The number of aryl methyl sites for hydroxylation is 1. The summed E-state index contributed by atoms with van der Waals surface area (Å²) in [6.07, 6.45) is 5.22. The topological polar surface area (TPSA) is 55.8 Å². The summed E-state index contributed by atoms with van der Waals surface area (Å²) in [6, 6.07) is 14.2. The molecule has 38 heavy (non-hydrogen) atoms. The van der Waals surface area contributed by atoms with Gasteiger partial charge in [0, 0.05) is 38.1 Å². The van der Waals surface area contributed by atoms with Crippen molar-refractivity contribution in [1.29, 1.82) is 0 Å². The smallest absolute Gasteiger partial charge is 0.303 e. The second kappa shape index (κ2) is 12.2. The Balaban J connectivity index is 0.00000164. The van der Waals surface area contributed by atoms with Crippen molar-refractivity contribution in [3.05, 3.63) is 76.0 Å². The van der Waals surface area contributed by atoms with Crippen molar-refractivity contribution >= 4 is 44.3 Å². The van der Waals surface area contributed by atoms with Crippen molar-refractivity contribution in [3.63, 3.8) is 0 Å². The normalized spacial score (nSPS) is 14.1. The van der Waals surface area contributed by atoms with Gasteiger partial charge in [0.1, 0.15) is 18.1 Å². The standard InChI is InChI=1S/C30H30O4S2.C2H6/c1-30(2)12-5-8-25(30)28-20(17-34-21-7-4-6-19(14-21)9-10-27(31)32)18-36-29(28)24-15-22(33-3)16-26-23(24)11-13-35-26;1-2/h4,6-8,11,13-16,18H,5,9-10,12,17H2,1-3H3,(H,31,32);1-2H3. The minimum atomic E-state index is -0.790. The van der Waals surface area contributed by atoms with E-state index in [1.54, 1.807) is 29.8 Å². The van der Waals surface area contributed by atoms with Gasteiger partial charge in [-0.25, -0.2) is 0 Å². The molecule has 0 spiro atoms. The second-order valence-electron chi connectivity index (χ2n) is 9.84. The molecular formula is C32H36O4S2. The van der Waals surface area contributed by atoms with Crippen LogP contribution in [0.1, 0.15) is 63.6 Å². The summed E-state index contributed by atoms with van der Waals surface area (Å²) in [5.74, 6) is 0.842. The molecule has 2 heterocycles. The molecule has 4 aromatic rings. The zero-order chi connectivity index (χ0) is 27.3. The molecule has 2 aromatic carbocycles. The fraction of sp³-hybridized carbons (Fsp3) is 0.344. The van der Waals surface area contributed by atoms with Gasteiger partial charge in [-0.2, -0.15) is 0 Å². The van der Waals surface area contributed by atoms with Crippen molar-refractivity contribution in [3.8, 4) is 21.9 Å². The molecule has 1 aliphatic carbocycles. The van der Waals surface area contributed by atoms with Crippen LogP contribution in [0, 0.1) is 5.41 Å². The van der Waals surface area contributed by atoms with Crippen LogP contribution >= 0.6 is 22.7 Å².